The van der Waals surface area contributed by atoms with Gasteiger partial charge in [-0.25, -0.2) is 0 Å². The second-order valence-corrected chi connectivity index (χ2v) is 3.00. The van der Waals surface area contributed by atoms with Gasteiger partial charge in [-0.3, -0.25) is 0 Å². The molecule has 0 bridgehead atoms. The van der Waals surface area contributed by atoms with Gasteiger partial charge in [-0.2, -0.15) is 0 Å². The highest BCUT2D eigenvalue weighted by molar-refractivity contribution is 5.49. The molecule has 92 valence electrons. The molecule has 0 heterocycles. The Kier molecular flexibility index (Phi) is 4.24. The van der Waals surface area contributed by atoms with Gasteiger partial charge in [0.15, 0.2) is 0 Å². The third-order valence-electron chi connectivity index (χ3n) is 1.66. The monoisotopic (exact) mass is 246 g/mol. The highest BCUT2D eigenvalue weighted by Gasteiger charge is 2.31. The Morgan fingerprint density at radius 3 is 2.53 bits per heavy atom. The summed E-state index contributed by atoms with van der Waals surface area (Å²) in [4.78, 5) is 0. The highest BCUT2D eigenvalue weighted by atomic mass is 19.4. The van der Waals surface area contributed by atoms with E-state index in [-0.39, 0.29) is 18.6 Å². The molecule has 1 rings (SSSR count). The van der Waals surface area contributed by atoms with Crippen molar-refractivity contribution in [1.29, 1.82) is 0 Å². The highest BCUT2D eigenvalue weighted by Crippen LogP contribution is 2.27. The standard InChI is InChI=1S/C11H9F3O3/c12-11(13,14)17-9-5-4-8(10(16)7-9)3-1-2-6-15/h4-5,7,15-16H,2,6H2. The first-order chi connectivity index (χ1) is 7.92. The number of phenols is 1. The van der Waals surface area contributed by atoms with Crippen LogP contribution in [0.15, 0.2) is 18.2 Å². The predicted molar refractivity (Wildman–Crippen MR) is 53.4 cm³/mol. The lowest BCUT2D eigenvalue weighted by molar-refractivity contribution is -0.274. The molecule has 6 heteroatoms. The van der Waals surface area contributed by atoms with E-state index in [1.165, 1.54) is 6.07 Å². The second kappa shape index (κ2) is 5.46. The second-order valence-electron chi connectivity index (χ2n) is 3.00. The molecule has 0 radical (unpaired) electrons. The van der Waals surface area contributed by atoms with E-state index >= 15 is 0 Å². The number of aromatic hydroxyl groups is 1. The lowest BCUT2D eigenvalue weighted by Gasteiger charge is -2.09. The number of benzene rings is 1. The van der Waals surface area contributed by atoms with Gasteiger partial charge in [0.25, 0.3) is 0 Å². The van der Waals surface area contributed by atoms with Crippen LogP contribution in [0.1, 0.15) is 12.0 Å². The number of aliphatic hydroxyl groups excluding tert-OH is 1. The van der Waals surface area contributed by atoms with Crippen LogP contribution in [0.5, 0.6) is 11.5 Å². The van der Waals surface area contributed by atoms with Gasteiger partial charge in [-0.1, -0.05) is 11.8 Å². The Morgan fingerprint density at radius 1 is 1.29 bits per heavy atom. The Labute approximate surface area is 95.5 Å². The van der Waals surface area contributed by atoms with Crippen LogP contribution in [0.4, 0.5) is 13.2 Å². The van der Waals surface area contributed by atoms with Crippen LogP contribution in [0.3, 0.4) is 0 Å². The van der Waals surface area contributed by atoms with Crippen LogP contribution >= 0.6 is 0 Å². The van der Waals surface area contributed by atoms with Crippen molar-refractivity contribution >= 4 is 0 Å². The van der Waals surface area contributed by atoms with Gasteiger partial charge >= 0.3 is 6.36 Å². The molecule has 0 aliphatic rings. The van der Waals surface area contributed by atoms with E-state index in [1.807, 2.05) is 0 Å². The van der Waals surface area contributed by atoms with Crippen LogP contribution in [0.2, 0.25) is 0 Å². The van der Waals surface area contributed by atoms with E-state index < -0.39 is 17.9 Å². The molecular formula is C11H9F3O3. The van der Waals surface area contributed by atoms with E-state index in [1.54, 1.807) is 0 Å². The van der Waals surface area contributed by atoms with Crippen molar-refractivity contribution in [3.8, 4) is 23.3 Å². The summed E-state index contributed by atoms with van der Waals surface area (Å²) in [6, 6.07) is 3.09. The molecule has 0 saturated heterocycles. The minimum absolute atomic E-state index is 0.122. The van der Waals surface area contributed by atoms with Crippen molar-refractivity contribution in [2.24, 2.45) is 0 Å². The van der Waals surface area contributed by atoms with Crippen molar-refractivity contribution in [3.05, 3.63) is 23.8 Å². The Balaban J connectivity index is 2.84. The molecule has 0 spiro atoms. The summed E-state index contributed by atoms with van der Waals surface area (Å²) in [5.41, 5.74) is 0.174. The van der Waals surface area contributed by atoms with Gasteiger partial charge in [0.05, 0.1) is 12.2 Å². The van der Waals surface area contributed by atoms with E-state index in [4.69, 9.17) is 5.11 Å². The van der Waals surface area contributed by atoms with E-state index in [0.717, 1.165) is 12.1 Å². The zero-order valence-corrected chi connectivity index (χ0v) is 8.58. The fourth-order valence-corrected chi connectivity index (χ4v) is 1.03. The lowest BCUT2D eigenvalue weighted by atomic mass is 10.2. The first-order valence-corrected chi connectivity index (χ1v) is 4.61. The average Bonchev–Trinajstić information content (AvgIpc) is 2.19. The summed E-state index contributed by atoms with van der Waals surface area (Å²) in [6.45, 7) is -0.122. The van der Waals surface area contributed by atoms with Crippen LogP contribution in [-0.2, 0) is 0 Å². The van der Waals surface area contributed by atoms with Crippen LogP contribution in [-0.4, -0.2) is 23.2 Å². The Morgan fingerprint density at radius 2 is 2.00 bits per heavy atom. The number of aliphatic hydroxyl groups is 1. The van der Waals surface area contributed by atoms with Crippen molar-refractivity contribution in [1.82, 2.24) is 0 Å². The number of rotatable bonds is 2. The minimum atomic E-state index is -4.80. The third kappa shape index (κ3) is 4.66. The number of hydrogen-bond acceptors (Lipinski definition) is 3. The molecule has 0 fully saturated rings. The third-order valence-corrected chi connectivity index (χ3v) is 1.66. The smallest absolute Gasteiger partial charge is 0.507 e. The van der Waals surface area contributed by atoms with Gasteiger partial charge < -0.3 is 14.9 Å². The molecule has 1 aromatic rings. The van der Waals surface area contributed by atoms with Crippen LogP contribution in [0, 0.1) is 11.8 Å². The molecule has 0 amide bonds. The largest absolute Gasteiger partial charge is 0.573 e. The maximum absolute atomic E-state index is 11.9. The first kappa shape index (κ1) is 13.2. The molecule has 0 atom stereocenters. The molecule has 2 N–H and O–H groups in total. The van der Waals surface area contributed by atoms with Crippen molar-refractivity contribution in [2.45, 2.75) is 12.8 Å². The van der Waals surface area contributed by atoms with Crippen molar-refractivity contribution < 1.29 is 28.1 Å². The normalized spacial score (nSPS) is 10.6. The summed E-state index contributed by atoms with van der Waals surface area (Å²) >= 11 is 0. The summed E-state index contributed by atoms with van der Waals surface area (Å²) in [6.07, 6.45) is -4.57. The summed E-state index contributed by atoms with van der Waals surface area (Å²) < 4.78 is 39.2. The lowest BCUT2D eigenvalue weighted by Crippen LogP contribution is -2.17. The molecule has 3 nitrogen and oxygen atoms in total. The molecule has 17 heavy (non-hydrogen) atoms. The van der Waals surface area contributed by atoms with E-state index in [0.29, 0.717) is 0 Å². The molecular weight excluding hydrogens is 237 g/mol. The molecule has 0 saturated carbocycles. The van der Waals surface area contributed by atoms with Gasteiger partial charge in [0, 0.05) is 12.5 Å². The zero-order chi connectivity index (χ0) is 12.9. The van der Waals surface area contributed by atoms with E-state index in [9.17, 15) is 18.3 Å². The zero-order valence-electron chi connectivity index (χ0n) is 8.58. The molecule has 0 aliphatic carbocycles. The van der Waals surface area contributed by atoms with Gasteiger partial charge in [0.2, 0.25) is 0 Å². The first-order valence-electron chi connectivity index (χ1n) is 4.61. The molecule has 0 aromatic heterocycles. The number of hydrogen-bond donors (Lipinski definition) is 2. The Hall–Kier alpha value is -1.87. The number of phenolic OH excluding ortho intramolecular Hbond substituents is 1. The SMILES string of the molecule is OCCC#Cc1ccc(OC(F)(F)F)cc1O. The van der Waals surface area contributed by atoms with Gasteiger partial charge in [-0.05, 0) is 12.1 Å². The number of ether oxygens (including phenoxy) is 1. The number of alkyl halides is 3. The molecule has 0 unspecified atom stereocenters. The minimum Gasteiger partial charge on any atom is -0.507 e. The predicted octanol–water partition coefficient (Wildman–Crippen LogP) is 2.02. The summed E-state index contributed by atoms with van der Waals surface area (Å²) in [5, 5.41) is 17.9. The van der Waals surface area contributed by atoms with Crippen LogP contribution in [0.25, 0.3) is 0 Å². The van der Waals surface area contributed by atoms with Crippen LogP contribution < -0.4 is 4.74 Å². The van der Waals surface area contributed by atoms with Gasteiger partial charge in [-0.15, -0.1) is 13.2 Å². The topological polar surface area (TPSA) is 49.7 Å². The summed E-state index contributed by atoms with van der Waals surface area (Å²) in [7, 11) is 0. The van der Waals surface area contributed by atoms with Crippen molar-refractivity contribution in [3.63, 3.8) is 0 Å². The van der Waals surface area contributed by atoms with Crippen molar-refractivity contribution in [2.75, 3.05) is 6.61 Å². The Bertz CT molecular complexity index is 444. The number of halogens is 3. The average molecular weight is 246 g/mol. The van der Waals surface area contributed by atoms with Gasteiger partial charge in [0.1, 0.15) is 11.5 Å². The maximum Gasteiger partial charge on any atom is 0.573 e. The fourth-order valence-electron chi connectivity index (χ4n) is 1.03. The fraction of sp³-hybridized carbons (Fsp3) is 0.273. The maximum atomic E-state index is 11.9. The van der Waals surface area contributed by atoms with E-state index in [2.05, 4.69) is 16.6 Å². The molecule has 0 aliphatic heterocycles. The summed E-state index contributed by atoms with van der Waals surface area (Å²) in [5.74, 6) is 4.13. The molecule has 1 aromatic carbocycles. The quantitative estimate of drug-likeness (QED) is 0.785.